The zero-order valence-electron chi connectivity index (χ0n) is 27.4. The van der Waals surface area contributed by atoms with Crippen molar-refractivity contribution >= 4 is 68.3 Å². The van der Waals surface area contributed by atoms with Crippen molar-refractivity contribution in [2.24, 2.45) is 0 Å². The Morgan fingerprint density at radius 2 is 1.36 bits per heavy atom. The summed E-state index contributed by atoms with van der Waals surface area (Å²) in [6, 6.07) is 41.9. The Morgan fingerprint density at radius 1 is 0.820 bits per heavy atom. The molecule has 5 aromatic rings. The highest BCUT2D eigenvalue weighted by molar-refractivity contribution is 8.14. The number of carbonyl (C=O) groups excluding carboxylic acids is 3. The lowest BCUT2D eigenvalue weighted by Gasteiger charge is -2.44. The van der Waals surface area contributed by atoms with E-state index >= 15 is 0 Å². The van der Waals surface area contributed by atoms with Crippen LogP contribution in [0.4, 0.5) is 11.4 Å². The molecule has 252 valence electrons. The lowest BCUT2D eigenvalue weighted by Crippen LogP contribution is -2.58. The second-order valence-corrected chi connectivity index (χ2v) is 16.2. The predicted molar refractivity (Wildman–Crippen MR) is 201 cm³/mol. The van der Waals surface area contributed by atoms with Gasteiger partial charge >= 0.3 is 5.97 Å². The van der Waals surface area contributed by atoms with Crippen LogP contribution in [0.1, 0.15) is 22.3 Å². The monoisotopic (exact) mass is 703 g/mol. The van der Waals surface area contributed by atoms with Gasteiger partial charge in [-0.1, -0.05) is 115 Å². The number of nitrogens with zero attached hydrogens (tertiary/aromatic N) is 3. The molecule has 1 atom stereocenters. The minimum absolute atomic E-state index is 0.0568. The van der Waals surface area contributed by atoms with E-state index in [0.717, 1.165) is 33.4 Å². The molecule has 1 aliphatic heterocycles. The first kappa shape index (κ1) is 34.4. The maximum absolute atomic E-state index is 14.8. The normalized spacial score (nSPS) is 14.0. The molecule has 0 aromatic heterocycles. The minimum Gasteiger partial charge on any atom is -0.456 e. The first-order chi connectivity index (χ1) is 24.2. The highest BCUT2D eigenvalue weighted by atomic mass is 32.2. The molecule has 50 heavy (non-hydrogen) atoms. The summed E-state index contributed by atoms with van der Waals surface area (Å²) in [7, 11) is 3.79. The van der Waals surface area contributed by atoms with Crippen LogP contribution in [0.3, 0.4) is 0 Å². The number of carbonyl (C=O) groups is 3. The summed E-state index contributed by atoms with van der Waals surface area (Å²) in [6.45, 7) is -3.35. The summed E-state index contributed by atoms with van der Waals surface area (Å²) in [4.78, 5) is 56.6. The number of esters is 1. The van der Waals surface area contributed by atoms with Gasteiger partial charge < -0.3 is 9.64 Å². The highest BCUT2D eigenvalue weighted by Gasteiger charge is 2.48. The van der Waals surface area contributed by atoms with Crippen LogP contribution < -0.4 is 20.8 Å². The van der Waals surface area contributed by atoms with E-state index in [1.165, 1.54) is 29.2 Å². The molecule has 0 N–H and O–H groups in total. The van der Waals surface area contributed by atoms with Crippen molar-refractivity contribution in [3.05, 3.63) is 161 Å². The molecule has 11 heteroatoms. The molecule has 0 unspecified atom stereocenters. The predicted octanol–water partition coefficient (Wildman–Crippen LogP) is 5.96. The fourth-order valence-electron chi connectivity index (χ4n) is 5.93. The summed E-state index contributed by atoms with van der Waals surface area (Å²) in [6.07, 6.45) is 0.0568. The fraction of sp³-hybridized carbons (Fsp3) is 0.128. The summed E-state index contributed by atoms with van der Waals surface area (Å²) in [5.74, 6) is -1.01. The molecule has 0 spiro atoms. The Morgan fingerprint density at radius 3 is 1.84 bits per heavy atom. The Labute approximate surface area is 294 Å². The van der Waals surface area contributed by atoms with E-state index in [0.29, 0.717) is 11.1 Å². The fourth-order valence-corrected chi connectivity index (χ4v) is 11.5. The smallest absolute Gasteiger partial charge is 0.356 e. The first-order valence-electron chi connectivity index (χ1n) is 15.8. The SMILES string of the molecule is CN(C)c1cccc(C(=O)S[C@H]2CC(=O)N2C(C(=O)OCc2ccc([N+](=O)[O-])cc2)=P(c2ccccc2)(c2ccccc2)c2ccccc2)c1. The number of nitro groups is 1. The van der Waals surface area contributed by atoms with Gasteiger partial charge in [-0.05, 0) is 45.7 Å². The van der Waals surface area contributed by atoms with Gasteiger partial charge in [0.05, 0.1) is 16.7 Å². The zero-order chi connectivity index (χ0) is 35.3. The maximum atomic E-state index is 14.8. The van der Waals surface area contributed by atoms with Crippen molar-refractivity contribution in [3.8, 4) is 0 Å². The van der Waals surface area contributed by atoms with Gasteiger partial charge in [-0.2, -0.15) is 0 Å². The van der Waals surface area contributed by atoms with Crippen molar-refractivity contribution < 1.29 is 24.0 Å². The topological polar surface area (TPSA) is 110 Å². The van der Waals surface area contributed by atoms with E-state index < -0.39 is 23.2 Å². The number of ether oxygens (including phenoxy) is 1. The van der Waals surface area contributed by atoms with Crippen LogP contribution in [0.15, 0.2) is 140 Å². The van der Waals surface area contributed by atoms with Crippen LogP contribution >= 0.6 is 18.6 Å². The van der Waals surface area contributed by atoms with Crippen molar-refractivity contribution in [1.82, 2.24) is 4.90 Å². The molecular formula is C39H34N3O6PS. The third kappa shape index (κ3) is 6.85. The van der Waals surface area contributed by atoms with Crippen LogP contribution in [0, 0.1) is 10.1 Å². The van der Waals surface area contributed by atoms with Crippen molar-refractivity contribution in [1.29, 1.82) is 0 Å². The summed E-state index contributed by atoms with van der Waals surface area (Å²) in [5.41, 5.74) is 1.97. The highest BCUT2D eigenvalue weighted by Crippen LogP contribution is 2.49. The Balaban J connectivity index is 1.55. The van der Waals surface area contributed by atoms with Gasteiger partial charge in [0, 0.05) is 44.4 Å². The number of anilines is 1. The lowest BCUT2D eigenvalue weighted by molar-refractivity contribution is -0.384. The van der Waals surface area contributed by atoms with E-state index in [2.05, 4.69) is 0 Å². The van der Waals surface area contributed by atoms with Gasteiger partial charge in [0.15, 0.2) is 0 Å². The van der Waals surface area contributed by atoms with Crippen molar-refractivity contribution in [2.45, 2.75) is 18.4 Å². The van der Waals surface area contributed by atoms with Crippen LogP contribution in [-0.4, -0.2) is 51.7 Å². The number of hydrogen-bond donors (Lipinski definition) is 0. The van der Waals surface area contributed by atoms with Crippen molar-refractivity contribution in [2.75, 3.05) is 19.0 Å². The second kappa shape index (κ2) is 15.0. The molecule has 0 saturated carbocycles. The average Bonchev–Trinajstić information content (AvgIpc) is 3.15. The van der Waals surface area contributed by atoms with Gasteiger partial charge in [-0.25, -0.2) is 4.79 Å². The quantitative estimate of drug-likeness (QED) is 0.0545. The zero-order valence-corrected chi connectivity index (χ0v) is 29.1. The molecule has 5 aromatic carbocycles. The summed E-state index contributed by atoms with van der Waals surface area (Å²) in [5, 5.41) is 12.8. The molecule has 1 heterocycles. The molecule has 6 rings (SSSR count). The Bertz CT molecular complexity index is 1990. The average molecular weight is 704 g/mol. The number of amides is 1. The molecule has 1 aliphatic rings. The molecule has 0 bridgehead atoms. The Kier molecular flexibility index (Phi) is 10.3. The van der Waals surface area contributed by atoms with E-state index in [4.69, 9.17) is 4.74 Å². The van der Waals surface area contributed by atoms with Gasteiger partial charge in [-0.3, -0.25) is 24.6 Å². The van der Waals surface area contributed by atoms with E-state index in [1.54, 1.807) is 12.1 Å². The van der Waals surface area contributed by atoms with Crippen molar-refractivity contribution in [3.63, 3.8) is 0 Å². The number of benzene rings is 5. The van der Waals surface area contributed by atoms with E-state index in [-0.39, 0.29) is 35.2 Å². The van der Waals surface area contributed by atoms with E-state index in [9.17, 15) is 24.5 Å². The second-order valence-electron chi connectivity index (χ2n) is 11.8. The van der Waals surface area contributed by atoms with E-state index in [1.807, 2.05) is 122 Å². The molecule has 1 amide bonds. The molecule has 1 fully saturated rings. The standard InChI is InChI=1S/C39H34N3O6PS/c1-40(2)31-14-12-13-29(25-31)39(45)50-36-26-35(43)41(36)37(38(44)48-27-28-21-23-30(24-22-28)42(46)47)49(32-15-6-3-7-16-32,33-17-8-4-9-18-33)34-19-10-5-11-20-34/h3-25,36H,26-27H2,1-2H3/t36-/m0/s1. The Hall–Kier alpha value is -5.44. The molecule has 9 nitrogen and oxygen atoms in total. The third-order valence-corrected chi connectivity index (χ3v) is 13.8. The molecular weight excluding hydrogens is 669 g/mol. The number of thioether (sulfide) groups is 1. The molecule has 1 saturated heterocycles. The van der Waals surface area contributed by atoms with Crippen LogP contribution in [0.5, 0.6) is 0 Å². The first-order valence-corrected chi connectivity index (χ1v) is 18.5. The van der Waals surface area contributed by atoms with Gasteiger partial charge in [-0.15, -0.1) is 0 Å². The number of likely N-dealkylation sites (tertiary alicyclic amines) is 1. The van der Waals surface area contributed by atoms with Crippen LogP contribution in [0.25, 0.3) is 0 Å². The van der Waals surface area contributed by atoms with Gasteiger partial charge in [0.25, 0.3) is 5.69 Å². The lowest BCUT2D eigenvalue weighted by atomic mass is 10.2. The third-order valence-electron chi connectivity index (χ3n) is 8.42. The largest absolute Gasteiger partial charge is 0.456 e. The summed E-state index contributed by atoms with van der Waals surface area (Å²) < 4.78 is 6.03. The van der Waals surface area contributed by atoms with Gasteiger partial charge in [0.1, 0.15) is 12.0 Å². The number of nitro benzene ring substituents is 1. The number of hydrogen-bond acceptors (Lipinski definition) is 8. The van der Waals surface area contributed by atoms with Crippen LogP contribution in [-0.2, 0) is 20.9 Å². The number of rotatable bonds is 11. The maximum Gasteiger partial charge on any atom is 0.356 e. The summed E-state index contributed by atoms with van der Waals surface area (Å²) >= 11 is 1.01. The molecule has 0 aliphatic carbocycles. The minimum atomic E-state index is -3.17. The number of non-ortho nitro benzene ring substituents is 1. The van der Waals surface area contributed by atoms with Crippen LogP contribution in [0.2, 0.25) is 0 Å². The van der Waals surface area contributed by atoms with Gasteiger partial charge in [0.2, 0.25) is 11.0 Å². The molecule has 0 radical (unpaired) electrons. The number of β-lactam (4-membered cyclic amide) rings is 1.